The lowest BCUT2D eigenvalue weighted by Crippen LogP contribution is -2.41. The standard InChI is InChI=1S/C19H19F3N4O3/c20-19(21,22)16-6-1-13(11-23-16)18(28)25-15-4-2-14(3-5-15)24-17(27)12-26-7-9-29-10-8-26/h1-6,11H,7-10,12H2,(H,24,27)(H,25,28). The van der Waals surface area contributed by atoms with E-state index in [1.807, 2.05) is 4.90 Å². The van der Waals surface area contributed by atoms with Crippen LogP contribution in [-0.2, 0) is 15.7 Å². The molecule has 7 nitrogen and oxygen atoms in total. The maximum Gasteiger partial charge on any atom is 0.433 e. The highest BCUT2D eigenvalue weighted by atomic mass is 19.4. The highest BCUT2D eigenvalue weighted by Crippen LogP contribution is 2.27. The molecule has 0 unspecified atom stereocenters. The third kappa shape index (κ3) is 6.00. The molecule has 1 fully saturated rings. The second-order valence-electron chi connectivity index (χ2n) is 6.40. The second-order valence-corrected chi connectivity index (χ2v) is 6.40. The first-order valence-corrected chi connectivity index (χ1v) is 8.86. The molecular weight excluding hydrogens is 389 g/mol. The Hall–Kier alpha value is -2.98. The van der Waals surface area contributed by atoms with Crippen molar-refractivity contribution in [3.63, 3.8) is 0 Å². The fourth-order valence-electron chi connectivity index (χ4n) is 2.70. The maximum absolute atomic E-state index is 12.5. The fraction of sp³-hybridized carbons (Fsp3) is 0.316. The average molecular weight is 408 g/mol. The summed E-state index contributed by atoms with van der Waals surface area (Å²) in [4.78, 5) is 29.5. The van der Waals surface area contributed by atoms with Gasteiger partial charge in [-0.1, -0.05) is 0 Å². The van der Waals surface area contributed by atoms with Gasteiger partial charge in [0.25, 0.3) is 5.91 Å². The van der Waals surface area contributed by atoms with Crippen molar-refractivity contribution >= 4 is 23.2 Å². The summed E-state index contributed by atoms with van der Waals surface area (Å²) in [7, 11) is 0. The Labute approximate surface area is 164 Å². The Bertz CT molecular complexity index is 848. The largest absolute Gasteiger partial charge is 0.433 e. The normalized spacial score (nSPS) is 15.0. The first kappa shape index (κ1) is 20.7. The van der Waals surface area contributed by atoms with Gasteiger partial charge in [0.1, 0.15) is 5.69 Å². The number of benzene rings is 1. The molecular formula is C19H19F3N4O3. The summed E-state index contributed by atoms with van der Waals surface area (Å²) in [5.74, 6) is -0.741. The third-order valence-corrected chi connectivity index (χ3v) is 4.21. The zero-order valence-electron chi connectivity index (χ0n) is 15.3. The van der Waals surface area contributed by atoms with E-state index in [4.69, 9.17) is 4.74 Å². The van der Waals surface area contributed by atoms with E-state index in [0.29, 0.717) is 37.7 Å². The molecule has 0 radical (unpaired) electrons. The Morgan fingerprint density at radius 1 is 1.00 bits per heavy atom. The van der Waals surface area contributed by atoms with Gasteiger partial charge in [-0.05, 0) is 36.4 Å². The number of morpholine rings is 1. The molecule has 3 rings (SSSR count). The molecule has 0 saturated carbocycles. The number of carbonyl (C=O) groups excluding carboxylic acids is 2. The Kier molecular flexibility index (Phi) is 6.45. The smallest absolute Gasteiger partial charge is 0.379 e. The van der Waals surface area contributed by atoms with Crippen molar-refractivity contribution in [3.8, 4) is 0 Å². The van der Waals surface area contributed by atoms with Crippen molar-refractivity contribution in [2.75, 3.05) is 43.5 Å². The quantitative estimate of drug-likeness (QED) is 0.795. The molecule has 2 aromatic rings. The number of alkyl halides is 3. The van der Waals surface area contributed by atoms with Gasteiger partial charge in [0.15, 0.2) is 0 Å². The van der Waals surface area contributed by atoms with E-state index in [2.05, 4.69) is 15.6 Å². The number of rotatable bonds is 5. The van der Waals surface area contributed by atoms with E-state index in [-0.39, 0.29) is 18.0 Å². The summed E-state index contributed by atoms with van der Waals surface area (Å²) in [6, 6.07) is 8.22. The van der Waals surface area contributed by atoms with Crippen molar-refractivity contribution in [3.05, 3.63) is 53.9 Å². The number of hydrogen-bond donors (Lipinski definition) is 2. The summed E-state index contributed by atoms with van der Waals surface area (Å²) in [6.07, 6.45) is -3.69. The monoisotopic (exact) mass is 408 g/mol. The van der Waals surface area contributed by atoms with E-state index < -0.39 is 17.8 Å². The molecule has 0 spiro atoms. The molecule has 1 saturated heterocycles. The zero-order valence-corrected chi connectivity index (χ0v) is 15.3. The van der Waals surface area contributed by atoms with Crippen molar-refractivity contribution in [2.24, 2.45) is 0 Å². The zero-order chi connectivity index (χ0) is 20.9. The summed E-state index contributed by atoms with van der Waals surface area (Å²) in [5, 5.41) is 5.34. The van der Waals surface area contributed by atoms with Crippen LogP contribution in [0.4, 0.5) is 24.5 Å². The number of anilines is 2. The van der Waals surface area contributed by atoms with Crippen LogP contribution in [0.15, 0.2) is 42.6 Å². The van der Waals surface area contributed by atoms with Gasteiger partial charge >= 0.3 is 6.18 Å². The van der Waals surface area contributed by atoms with E-state index in [1.165, 1.54) is 0 Å². The number of halogens is 3. The van der Waals surface area contributed by atoms with Crippen LogP contribution in [0.1, 0.15) is 16.1 Å². The molecule has 0 aliphatic carbocycles. The number of carbonyl (C=O) groups is 2. The minimum absolute atomic E-state index is 0.000824. The van der Waals surface area contributed by atoms with Gasteiger partial charge in [0.2, 0.25) is 5.91 Å². The summed E-state index contributed by atoms with van der Waals surface area (Å²) < 4.78 is 42.8. The second kappa shape index (κ2) is 9.01. The number of pyridine rings is 1. The van der Waals surface area contributed by atoms with Gasteiger partial charge < -0.3 is 15.4 Å². The van der Waals surface area contributed by atoms with E-state index in [0.717, 1.165) is 18.3 Å². The predicted molar refractivity (Wildman–Crippen MR) is 99.5 cm³/mol. The number of aromatic nitrogens is 1. The van der Waals surface area contributed by atoms with Gasteiger partial charge in [-0.3, -0.25) is 19.5 Å². The highest BCUT2D eigenvalue weighted by Gasteiger charge is 2.32. The van der Waals surface area contributed by atoms with Crippen LogP contribution in [0.5, 0.6) is 0 Å². The Balaban J connectivity index is 1.53. The van der Waals surface area contributed by atoms with Crippen LogP contribution in [0.2, 0.25) is 0 Å². The van der Waals surface area contributed by atoms with Crippen LogP contribution in [-0.4, -0.2) is 54.5 Å². The van der Waals surface area contributed by atoms with Crippen molar-refractivity contribution in [1.82, 2.24) is 9.88 Å². The molecule has 1 aromatic heterocycles. The van der Waals surface area contributed by atoms with Crippen molar-refractivity contribution < 1.29 is 27.5 Å². The lowest BCUT2D eigenvalue weighted by atomic mass is 10.2. The predicted octanol–water partition coefficient (Wildman–Crippen LogP) is 2.62. The van der Waals surface area contributed by atoms with E-state index in [1.54, 1.807) is 24.3 Å². The molecule has 10 heteroatoms. The molecule has 2 amide bonds. The van der Waals surface area contributed by atoms with Crippen LogP contribution in [0, 0.1) is 0 Å². The maximum atomic E-state index is 12.5. The van der Waals surface area contributed by atoms with Crippen LogP contribution < -0.4 is 10.6 Å². The Morgan fingerprint density at radius 2 is 1.62 bits per heavy atom. The topological polar surface area (TPSA) is 83.6 Å². The molecule has 2 N–H and O–H groups in total. The summed E-state index contributed by atoms with van der Waals surface area (Å²) in [6.45, 7) is 2.89. The van der Waals surface area contributed by atoms with Crippen molar-refractivity contribution in [1.29, 1.82) is 0 Å². The van der Waals surface area contributed by atoms with Gasteiger partial charge in [0.05, 0.1) is 25.3 Å². The van der Waals surface area contributed by atoms with Crippen LogP contribution >= 0.6 is 0 Å². The lowest BCUT2D eigenvalue weighted by molar-refractivity contribution is -0.141. The highest BCUT2D eigenvalue weighted by molar-refractivity contribution is 6.04. The summed E-state index contributed by atoms with van der Waals surface area (Å²) in [5.41, 5.74) is -0.0642. The molecule has 1 aliphatic heterocycles. The number of amides is 2. The average Bonchev–Trinajstić information content (AvgIpc) is 2.69. The van der Waals surface area contributed by atoms with Crippen LogP contribution in [0.3, 0.4) is 0 Å². The minimum atomic E-state index is -4.56. The molecule has 0 bridgehead atoms. The number of ether oxygens (including phenoxy) is 1. The number of nitrogens with one attached hydrogen (secondary N) is 2. The first-order chi connectivity index (χ1) is 13.8. The minimum Gasteiger partial charge on any atom is -0.379 e. The van der Waals surface area contributed by atoms with E-state index >= 15 is 0 Å². The molecule has 2 heterocycles. The van der Waals surface area contributed by atoms with Gasteiger partial charge in [-0.2, -0.15) is 13.2 Å². The number of nitrogens with zero attached hydrogens (tertiary/aromatic N) is 2. The molecule has 1 aromatic carbocycles. The molecule has 0 atom stereocenters. The lowest BCUT2D eigenvalue weighted by Gasteiger charge is -2.25. The van der Waals surface area contributed by atoms with Gasteiger partial charge in [0, 0.05) is 30.7 Å². The fourth-order valence-corrected chi connectivity index (χ4v) is 2.70. The summed E-state index contributed by atoms with van der Waals surface area (Å²) >= 11 is 0. The third-order valence-electron chi connectivity index (χ3n) is 4.21. The van der Waals surface area contributed by atoms with Gasteiger partial charge in [-0.15, -0.1) is 0 Å². The molecule has 1 aliphatic rings. The SMILES string of the molecule is O=C(CN1CCOCC1)Nc1ccc(NC(=O)c2ccc(C(F)(F)F)nc2)cc1. The molecule has 29 heavy (non-hydrogen) atoms. The van der Waals surface area contributed by atoms with Gasteiger partial charge in [-0.25, -0.2) is 0 Å². The van der Waals surface area contributed by atoms with Crippen LogP contribution in [0.25, 0.3) is 0 Å². The number of hydrogen-bond acceptors (Lipinski definition) is 5. The van der Waals surface area contributed by atoms with E-state index in [9.17, 15) is 22.8 Å². The Morgan fingerprint density at radius 3 is 2.17 bits per heavy atom. The van der Waals surface area contributed by atoms with Crippen molar-refractivity contribution in [2.45, 2.75) is 6.18 Å². The first-order valence-electron chi connectivity index (χ1n) is 8.86. The molecule has 154 valence electrons.